The van der Waals surface area contributed by atoms with Gasteiger partial charge in [-0.15, -0.1) is 0 Å². The molecule has 0 radical (unpaired) electrons. The van der Waals surface area contributed by atoms with Crippen LogP contribution < -0.4 is 4.90 Å². The van der Waals surface area contributed by atoms with Crippen LogP contribution in [0.3, 0.4) is 0 Å². The first-order valence-corrected chi connectivity index (χ1v) is 9.55. The molecule has 7 heteroatoms. The van der Waals surface area contributed by atoms with Crippen molar-refractivity contribution in [3.8, 4) is 0 Å². The Kier molecular flexibility index (Phi) is 4.95. The number of benzene rings is 2. The molecule has 0 spiro atoms. The van der Waals surface area contributed by atoms with E-state index in [1.165, 1.54) is 17.0 Å². The van der Waals surface area contributed by atoms with Gasteiger partial charge in [0.2, 0.25) is 0 Å². The number of hydrogen-bond acceptors (Lipinski definition) is 4. The van der Waals surface area contributed by atoms with Gasteiger partial charge in [-0.1, -0.05) is 17.7 Å². The minimum atomic E-state index is -0.998. The van der Waals surface area contributed by atoms with Crippen LogP contribution >= 0.6 is 11.6 Å². The molecule has 1 amide bonds. The lowest BCUT2D eigenvalue weighted by Gasteiger charge is -2.24. The zero-order valence-electron chi connectivity index (χ0n) is 16.1. The van der Waals surface area contributed by atoms with E-state index in [9.17, 15) is 19.1 Å². The van der Waals surface area contributed by atoms with Crippen LogP contribution in [0.2, 0.25) is 5.02 Å². The summed E-state index contributed by atoms with van der Waals surface area (Å²) in [6, 6.07) is 12.4. The fourth-order valence-corrected chi connectivity index (χ4v) is 3.64. The topological polar surface area (TPSA) is 70.8 Å². The van der Waals surface area contributed by atoms with E-state index >= 15 is 0 Å². The summed E-state index contributed by atoms with van der Waals surface area (Å²) >= 11 is 6.24. The van der Waals surface area contributed by atoms with Crippen LogP contribution in [0.4, 0.5) is 10.1 Å². The molecule has 1 fully saturated rings. The monoisotopic (exact) mass is 425 g/mol. The Labute approximate surface area is 177 Å². The molecule has 1 saturated heterocycles. The lowest BCUT2D eigenvalue weighted by atomic mass is 9.99. The largest absolute Gasteiger partial charge is 0.507 e. The summed E-state index contributed by atoms with van der Waals surface area (Å²) in [6.45, 7) is 3.56. The minimum absolute atomic E-state index is 0.141. The zero-order chi connectivity index (χ0) is 21.6. The van der Waals surface area contributed by atoms with E-state index in [0.717, 1.165) is 17.7 Å². The van der Waals surface area contributed by atoms with Gasteiger partial charge in [0.1, 0.15) is 29.1 Å². The Balaban J connectivity index is 1.94. The second-order valence-electron chi connectivity index (χ2n) is 7.06. The Morgan fingerprint density at radius 3 is 2.37 bits per heavy atom. The molecule has 5 nitrogen and oxygen atoms in total. The number of aliphatic hydroxyl groups excluding tert-OH is 1. The number of nitrogens with zero attached hydrogens (tertiary/aromatic N) is 1. The lowest BCUT2D eigenvalue weighted by molar-refractivity contribution is -0.132. The third kappa shape index (κ3) is 3.29. The van der Waals surface area contributed by atoms with E-state index in [-0.39, 0.29) is 11.1 Å². The number of halogens is 2. The van der Waals surface area contributed by atoms with Gasteiger partial charge >= 0.3 is 0 Å². The van der Waals surface area contributed by atoms with Gasteiger partial charge in [-0.05, 0) is 67.9 Å². The third-order valence-corrected chi connectivity index (χ3v) is 5.43. The normalized spacial score (nSPS) is 18.3. The Morgan fingerprint density at radius 1 is 1.07 bits per heavy atom. The van der Waals surface area contributed by atoms with Gasteiger partial charge < -0.3 is 9.52 Å². The number of aliphatic hydroxyl groups is 1. The number of carbonyl (C=O) groups excluding carboxylic acids is 2. The molecule has 0 bridgehead atoms. The molecule has 1 aliphatic rings. The van der Waals surface area contributed by atoms with Crippen LogP contribution in [0.1, 0.15) is 28.7 Å². The Morgan fingerprint density at radius 2 is 1.77 bits per heavy atom. The van der Waals surface area contributed by atoms with Crippen molar-refractivity contribution in [3.05, 3.63) is 93.7 Å². The molecule has 4 rings (SSSR count). The predicted molar refractivity (Wildman–Crippen MR) is 111 cm³/mol. The maximum Gasteiger partial charge on any atom is 0.300 e. The first kappa shape index (κ1) is 19.9. The summed E-state index contributed by atoms with van der Waals surface area (Å²) in [4.78, 5) is 27.2. The maximum absolute atomic E-state index is 13.3. The van der Waals surface area contributed by atoms with Gasteiger partial charge in [-0.3, -0.25) is 14.5 Å². The molecule has 0 aliphatic carbocycles. The van der Waals surface area contributed by atoms with Crippen molar-refractivity contribution in [3.63, 3.8) is 0 Å². The smallest absolute Gasteiger partial charge is 0.300 e. The van der Waals surface area contributed by atoms with Crippen molar-refractivity contribution < 1.29 is 23.5 Å². The summed E-state index contributed by atoms with van der Waals surface area (Å²) in [6.07, 6.45) is 0. The standard InChI is InChI=1S/C23H17ClFNO4/c1-12-3-9-16(11-17(12)24)26-20(18-10-4-13(2)30-18)19(22(28)23(26)29)21(27)14-5-7-15(25)8-6-14/h3-11,20,27H,1-2H3/b21-19-. The Hall–Kier alpha value is -3.38. The van der Waals surface area contributed by atoms with Crippen molar-refractivity contribution in [2.24, 2.45) is 0 Å². The van der Waals surface area contributed by atoms with E-state index < -0.39 is 29.3 Å². The van der Waals surface area contributed by atoms with Crippen LogP contribution in [0.15, 0.2) is 64.6 Å². The number of aryl methyl sites for hydroxylation is 2. The first-order valence-electron chi connectivity index (χ1n) is 9.17. The van der Waals surface area contributed by atoms with Gasteiger partial charge in [0.25, 0.3) is 11.7 Å². The number of furan rings is 1. The van der Waals surface area contributed by atoms with Crippen molar-refractivity contribution in [2.45, 2.75) is 19.9 Å². The molecule has 2 heterocycles. The first-order chi connectivity index (χ1) is 14.3. The molecule has 1 aromatic heterocycles. The van der Waals surface area contributed by atoms with Crippen LogP contribution in [-0.4, -0.2) is 16.8 Å². The van der Waals surface area contributed by atoms with Crippen molar-refractivity contribution in [1.29, 1.82) is 0 Å². The third-order valence-electron chi connectivity index (χ3n) is 5.03. The van der Waals surface area contributed by atoms with Crippen molar-refractivity contribution in [1.82, 2.24) is 0 Å². The average Bonchev–Trinajstić information content (AvgIpc) is 3.25. The molecule has 152 valence electrons. The van der Waals surface area contributed by atoms with Crippen LogP contribution in [-0.2, 0) is 9.59 Å². The van der Waals surface area contributed by atoms with Crippen LogP contribution in [0, 0.1) is 19.7 Å². The van der Waals surface area contributed by atoms with Crippen LogP contribution in [0.5, 0.6) is 0 Å². The number of ketones is 1. The highest BCUT2D eigenvalue weighted by molar-refractivity contribution is 6.51. The quantitative estimate of drug-likeness (QED) is 0.350. The van der Waals surface area contributed by atoms with Gasteiger partial charge in [-0.25, -0.2) is 4.39 Å². The number of Topliss-reactive ketones (excluding diaryl/α,β-unsaturated/α-hetero) is 1. The fraction of sp³-hybridized carbons (Fsp3) is 0.130. The fourth-order valence-electron chi connectivity index (χ4n) is 3.46. The predicted octanol–water partition coefficient (Wildman–Crippen LogP) is 5.32. The molecule has 2 aromatic carbocycles. The summed E-state index contributed by atoms with van der Waals surface area (Å²) in [5.41, 5.74) is 1.28. The average molecular weight is 426 g/mol. The van der Waals surface area contributed by atoms with Crippen molar-refractivity contribution >= 4 is 34.7 Å². The number of hydrogen-bond donors (Lipinski definition) is 1. The molecule has 0 saturated carbocycles. The van der Waals surface area contributed by atoms with E-state index in [4.69, 9.17) is 16.0 Å². The molecule has 1 atom stereocenters. The number of carbonyl (C=O) groups is 2. The summed E-state index contributed by atoms with van der Waals surface area (Å²) in [7, 11) is 0. The lowest BCUT2D eigenvalue weighted by Crippen LogP contribution is -2.29. The number of rotatable bonds is 3. The zero-order valence-corrected chi connectivity index (χ0v) is 16.9. The van der Waals surface area contributed by atoms with E-state index in [0.29, 0.717) is 22.2 Å². The second kappa shape index (κ2) is 7.46. The summed E-state index contributed by atoms with van der Waals surface area (Å²) < 4.78 is 19.0. The Bertz CT molecular complexity index is 1200. The van der Waals surface area contributed by atoms with Gasteiger partial charge in [0.15, 0.2) is 0 Å². The molecule has 1 N–H and O–H groups in total. The SMILES string of the molecule is Cc1ccc(C2/C(=C(/O)c3ccc(F)cc3)C(=O)C(=O)N2c2ccc(C)c(Cl)c2)o1. The van der Waals surface area contributed by atoms with E-state index in [1.54, 1.807) is 37.3 Å². The molecule has 1 unspecified atom stereocenters. The number of anilines is 1. The maximum atomic E-state index is 13.3. The van der Waals surface area contributed by atoms with E-state index in [2.05, 4.69) is 0 Å². The van der Waals surface area contributed by atoms with Crippen LogP contribution in [0.25, 0.3) is 5.76 Å². The summed E-state index contributed by atoms with van der Waals surface area (Å²) in [5.74, 6) is -1.69. The molecule has 30 heavy (non-hydrogen) atoms. The highest BCUT2D eigenvalue weighted by Gasteiger charge is 2.48. The molecular formula is C23H17ClFNO4. The van der Waals surface area contributed by atoms with Gasteiger partial charge in [-0.2, -0.15) is 0 Å². The van der Waals surface area contributed by atoms with Crippen molar-refractivity contribution in [2.75, 3.05) is 4.90 Å². The minimum Gasteiger partial charge on any atom is -0.507 e. The highest BCUT2D eigenvalue weighted by atomic mass is 35.5. The highest BCUT2D eigenvalue weighted by Crippen LogP contribution is 2.43. The van der Waals surface area contributed by atoms with E-state index in [1.807, 2.05) is 6.92 Å². The van der Waals surface area contributed by atoms with Gasteiger partial charge in [0, 0.05) is 16.3 Å². The molecule has 1 aliphatic heterocycles. The molecule has 3 aromatic rings. The van der Waals surface area contributed by atoms with Gasteiger partial charge in [0.05, 0.1) is 5.57 Å². The molecular weight excluding hydrogens is 409 g/mol. The summed E-state index contributed by atoms with van der Waals surface area (Å²) in [5, 5.41) is 11.3. The number of amides is 1. The second-order valence-corrected chi connectivity index (χ2v) is 7.47.